The zero-order chi connectivity index (χ0) is 23.5. The molecule has 1 aromatic heterocycles. The highest BCUT2D eigenvalue weighted by atomic mass is 35.5. The Balaban J connectivity index is 2.02. The average Bonchev–Trinajstić information content (AvgIpc) is 2.97. The molecule has 1 atom stereocenters. The number of benzene rings is 2. The minimum atomic E-state index is -0.932. The Hall–Kier alpha value is -3.04. The molecule has 0 saturated heterocycles. The van der Waals surface area contributed by atoms with Crippen molar-refractivity contribution < 1.29 is 19.0 Å². The largest absolute Gasteiger partial charge is 0.493 e. The van der Waals surface area contributed by atoms with Gasteiger partial charge in [0.15, 0.2) is 17.2 Å². The highest BCUT2D eigenvalue weighted by molar-refractivity contribution is 7.99. The molecule has 2 heterocycles. The molecule has 3 aromatic rings. The lowest BCUT2D eigenvalue weighted by molar-refractivity contribution is -0.120. The topological polar surface area (TPSA) is 86.7 Å². The molecule has 4 rings (SSSR count). The lowest BCUT2D eigenvalue weighted by Crippen LogP contribution is -2.37. The number of amides is 1. The summed E-state index contributed by atoms with van der Waals surface area (Å²) in [7, 11) is 3.05. The highest BCUT2D eigenvalue weighted by Crippen LogP contribution is 2.47. The number of rotatable bonds is 6. The first-order chi connectivity index (χ1) is 16.0. The van der Waals surface area contributed by atoms with Gasteiger partial charge in [-0.25, -0.2) is 0 Å². The number of thioether (sulfide) groups is 1. The van der Waals surface area contributed by atoms with Crippen LogP contribution in [0.5, 0.6) is 17.4 Å². The van der Waals surface area contributed by atoms with Gasteiger partial charge in [0.05, 0.1) is 25.5 Å². The molecule has 0 aliphatic carbocycles. The van der Waals surface area contributed by atoms with Crippen LogP contribution < -0.4 is 19.1 Å². The number of hydrogen-bond acceptors (Lipinski definition) is 8. The first kappa shape index (κ1) is 23.1. The van der Waals surface area contributed by atoms with Crippen molar-refractivity contribution in [2.75, 3.05) is 24.9 Å². The Morgan fingerprint density at radius 2 is 1.97 bits per heavy atom. The van der Waals surface area contributed by atoms with E-state index in [0.717, 1.165) is 5.75 Å². The summed E-state index contributed by atoms with van der Waals surface area (Å²) in [5.41, 5.74) is 2.30. The van der Waals surface area contributed by atoms with Gasteiger partial charge in [-0.2, -0.15) is 4.98 Å². The van der Waals surface area contributed by atoms with Crippen molar-refractivity contribution in [1.29, 1.82) is 0 Å². The van der Waals surface area contributed by atoms with Crippen LogP contribution >= 0.6 is 23.4 Å². The van der Waals surface area contributed by atoms with Crippen molar-refractivity contribution in [3.63, 3.8) is 0 Å². The van der Waals surface area contributed by atoms with E-state index in [0.29, 0.717) is 44.2 Å². The molecule has 1 aliphatic rings. The van der Waals surface area contributed by atoms with Gasteiger partial charge in [-0.15, -0.1) is 10.2 Å². The molecular formula is C23H23ClN4O4S. The molecule has 0 saturated carbocycles. The summed E-state index contributed by atoms with van der Waals surface area (Å²) in [4.78, 5) is 19.5. The van der Waals surface area contributed by atoms with Gasteiger partial charge in [0.25, 0.3) is 0 Å². The monoisotopic (exact) mass is 486 g/mol. The molecule has 10 heteroatoms. The van der Waals surface area contributed by atoms with Crippen molar-refractivity contribution in [2.45, 2.75) is 31.7 Å². The molecule has 0 unspecified atom stereocenters. The van der Waals surface area contributed by atoms with Crippen LogP contribution in [-0.2, 0) is 4.79 Å². The number of nitrogens with zero attached hydrogens (tertiary/aromatic N) is 4. The number of carbonyl (C=O) groups excluding carboxylic acids is 1. The predicted molar refractivity (Wildman–Crippen MR) is 127 cm³/mol. The lowest BCUT2D eigenvalue weighted by atomic mass is 10.1. The number of halogens is 1. The molecule has 2 aromatic carbocycles. The van der Waals surface area contributed by atoms with Gasteiger partial charge in [0.2, 0.25) is 23.2 Å². The zero-order valence-electron chi connectivity index (χ0n) is 18.7. The normalized spacial score (nSPS) is 14.6. The van der Waals surface area contributed by atoms with Gasteiger partial charge >= 0.3 is 0 Å². The van der Waals surface area contributed by atoms with Crippen molar-refractivity contribution in [3.05, 3.63) is 47.0 Å². The summed E-state index contributed by atoms with van der Waals surface area (Å²) >= 11 is 7.86. The SMILES string of the molecule is CCSc1nnc2c(n1)O[C@@H](c1cc(Cl)cc(OC)c1OC)N(C(=O)CC)c1ccccc1-2. The number of hydrogen-bond donors (Lipinski definition) is 0. The number of fused-ring (bicyclic) bond motifs is 3. The van der Waals surface area contributed by atoms with Gasteiger partial charge in [0, 0.05) is 23.1 Å². The van der Waals surface area contributed by atoms with E-state index < -0.39 is 6.23 Å². The maximum atomic E-state index is 13.3. The molecular weight excluding hydrogens is 464 g/mol. The summed E-state index contributed by atoms with van der Waals surface area (Å²) in [6.07, 6.45) is -0.681. The molecule has 0 fully saturated rings. The third-order valence-corrected chi connectivity index (χ3v) is 6.03. The third-order valence-electron chi connectivity index (χ3n) is 5.09. The van der Waals surface area contributed by atoms with Gasteiger partial charge < -0.3 is 14.2 Å². The molecule has 0 radical (unpaired) electrons. The second-order valence-corrected chi connectivity index (χ2v) is 8.68. The fourth-order valence-corrected chi connectivity index (χ4v) is 4.41. The van der Waals surface area contributed by atoms with E-state index in [1.165, 1.54) is 26.0 Å². The summed E-state index contributed by atoms with van der Waals surface area (Å²) in [5.74, 6) is 1.73. The minimum Gasteiger partial charge on any atom is -0.493 e. The van der Waals surface area contributed by atoms with Crippen LogP contribution in [-0.4, -0.2) is 41.1 Å². The Morgan fingerprint density at radius 3 is 2.67 bits per heavy atom. The Labute approximate surface area is 201 Å². The highest BCUT2D eigenvalue weighted by Gasteiger charge is 2.37. The predicted octanol–water partition coefficient (Wildman–Crippen LogP) is 5.16. The maximum absolute atomic E-state index is 13.3. The first-order valence-corrected chi connectivity index (χ1v) is 11.8. The van der Waals surface area contributed by atoms with Crippen LogP contribution in [0.3, 0.4) is 0 Å². The van der Waals surface area contributed by atoms with Crippen molar-refractivity contribution in [2.24, 2.45) is 0 Å². The van der Waals surface area contributed by atoms with E-state index >= 15 is 0 Å². The molecule has 8 nitrogen and oxygen atoms in total. The molecule has 0 spiro atoms. The number of para-hydroxylation sites is 1. The number of carbonyl (C=O) groups is 1. The molecule has 0 bridgehead atoms. The third kappa shape index (κ3) is 4.30. The minimum absolute atomic E-state index is 0.155. The second-order valence-electron chi connectivity index (χ2n) is 7.02. The summed E-state index contributed by atoms with van der Waals surface area (Å²) in [6, 6.07) is 10.8. The molecule has 33 heavy (non-hydrogen) atoms. The smallest absolute Gasteiger partial charge is 0.247 e. The van der Waals surface area contributed by atoms with Crippen LogP contribution in [0, 0.1) is 0 Å². The van der Waals surface area contributed by atoms with Crippen LogP contribution in [0.1, 0.15) is 32.1 Å². The first-order valence-electron chi connectivity index (χ1n) is 10.4. The Bertz CT molecular complexity index is 1190. The number of anilines is 1. The van der Waals surface area contributed by atoms with E-state index in [-0.39, 0.29) is 18.2 Å². The van der Waals surface area contributed by atoms with E-state index in [2.05, 4.69) is 15.2 Å². The number of methoxy groups -OCH3 is 2. The van der Waals surface area contributed by atoms with Crippen LogP contribution in [0.2, 0.25) is 5.02 Å². The summed E-state index contributed by atoms with van der Waals surface area (Å²) in [5, 5.41) is 9.54. The summed E-state index contributed by atoms with van der Waals surface area (Å²) < 4.78 is 17.6. The van der Waals surface area contributed by atoms with Gasteiger partial charge in [-0.1, -0.05) is 55.4 Å². The van der Waals surface area contributed by atoms with Crippen LogP contribution in [0.15, 0.2) is 41.6 Å². The van der Waals surface area contributed by atoms with E-state index in [1.54, 1.807) is 24.0 Å². The fourth-order valence-electron chi connectivity index (χ4n) is 3.69. The number of aromatic nitrogens is 3. The van der Waals surface area contributed by atoms with Gasteiger partial charge in [-0.3, -0.25) is 9.69 Å². The quantitative estimate of drug-likeness (QED) is 0.442. The molecule has 0 N–H and O–H groups in total. The fraction of sp³-hybridized carbons (Fsp3) is 0.304. The Kier molecular flexibility index (Phi) is 6.90. The second kappa shape index (κ2) is 9.84. The van der Waals surface area contributed by atoms with Crippen molar-refractivity contribution in [1.82, 2.24) is 15.2 Å². The summed E-state index contributed by atoms with van der Waals surface area (Å²) in [6.45, 7) is 3.80. The molecule has 172 valence electrons. The Morgan fingerprint density at radius 1 is 1.18 bits per heavy atom. The molecule has 1 aliphatic heterocycles. The van der Waals surface area contributed by atoms with Crippen molar-refractivity contribution in [3.8, 4) is 28.6 Å². The average molecular weight is 487 g/mol. The van der Waals surface area contributed by atoms with Gasteiger partial charge in [-0.05, 0) is 17.9 Å². The van der Waals surface area contributed by atoms with Crippen LogP contribution in [0.4, 0.5) is 5.69 Å². The standard InChI is InChI=1S/C23H23ClN4O4S/c1-5-18(29)28-16-10-8-7-9-14(16)19-21(25-23(27-26-19)33-6-2)32-22(28)15-11-13(24)12-17(30-3)20(15)31-4/h7-12,22H,5-6H2,1-4H3/t22-/m0/s1. The number of ether oxygens (including phenoxy) is 3. The van der Waals surface area contributed by atoms with E-state index in [4.69, 9.17) is 25.8 Å². The maximum Gasteiger partial charge on any atom is 0.247 e. The van der Waals surface area contributed by atoms with Crippen molar-refractivity contribution >= 4 is 35.0 Å². The zero-order valence-corrected chi connectivity index (χ0v) is 20.2. The lowest BCUT2D eigenvalue weighted by Gasteiger charge is -2.31. The van der Waals surface area contributed by atoms with E-state index in [9.17, 15) is 4.79 Å². The molecule has 1 amide bonds. The van der Waals surface area contributed by atoms with Gasteiger partial charge in [0.1, 0.15) is 0 Å². The van der Waals surface area contributed by atoms with E-state index in [1.807, 2.05) is 31.2 Å². The van der Waals surface area contributed by atoms with Crippen LogP contribution in [0.25, 0.3) is 11.3 Å².